The first-order valence-electron chi connectivity index (χ1n) is 4.50. The van der Waals surface area contributed by atoms with E-state index in [0.29, 0.717) is 6.10 Å². The van der Waals surface area contributed by atoms with Crippen LogP contribution in [0, 0.1) is 0 Å². The lowest BCUT2D eigenvalue weighted by atomic mass is 9.90. The number of hydrogen-bond donors (Lipinski definition) is 0. The van der Waals surface area contributed by atoms with Crippen LogP contribution in [-0.2, 0) is 10.3 Å². The Kier molecular flexibility index (Phi) is 1.35. The van der Waals surface area contributed by atoms with Crippen molar-refractivity contribution < 1.29 is 4.74 Å². The van der Waals surface area contributed by atoms with E-state index in [-0.39, 0.29) is 5.60 Å². The molecule has 1 saturated carbocycles. The number of hydrogen-bond acceptors (Lipinski definition) is 3. The molecule has 2 nitrogen and oxygen atoms in total. The van der Waals surface area contributed by atoms with Gasteiger partial charge in [0, 0.05) is 11.6 Å². The van der Waals surface area contributed by atoms with Gasteiger partial charge in [0.2, 0.25) is 0 Å². The van der Waals surface area contributed by atoms with Crippen molar-refractivity contribution in [1.82, 2.24) is 4.98 Å². The predicted octanol–water partition coefficient (Wildman–Crippen LogP) is 2.31. The van der Waals surface area contributed by atoms with Crippen LogP contribution in [-0.4, -0.2) is 11.1 Å². The largest absolute Gasteiger partial charge is 0.358 e. The van der Waals surface area contributed by atoms with Gasteiger partial charge in [0.15, 0.2) is 0 Å². The summed E-state index contributed by atoms with van der Waals surface area (Å²) in [6.45, 7) is 0. The molecular formula is C9H11NOS. The summed E-state index contributed by atoms with van der Waals surface area (Å²) < 4.78 is 5.76. The van der Waals surface area contributed by atoms with Crippen LogP contribution < -0.4 is 0 Å². The lowest BCUT2D eigenvalue weighted by molar-refractivity contribution is 0.289. The Morgan fingerprint density at radius 3 is 3.33 bits per heavy atom. The molecule has 12 heavy (non-hydrogen) atoms. The molecule has 3 heteroatoms. The summed E-state index contributed by atoms with van der Waals surface area (Å²) in [6, 6.07) is 0. The third-order valence-corrected chi connectivity index (χ3v) is 3.81. The van der Waals surface area contributed by atoms with E-state index in [9.17, 15) is 0 Å². The van der Waals surface area contributed by atoms with Crippen LogP contribution in [0.3, 0.4) is 0 Å². The number of fused-ring (bicyclic) bond motifs is 1. The van der Waals surface area contributed by atoms with Crippen molar-refractivity contribution >= 4 is 11.3 Å². The van der Waals surface area contributed by atoms with E-state index in [1.807, 2.05) is 11.6 Å². The maximum Gasteiger partial charge on any atom is 0.146 e. The Balaban J connectivity index is 1.93. The highest BCUT2D eigenvalue weighted by molar-refractivity contribution is 7.09. The van der Waals surface area contributed by atoms with Crippen LogP contribution in [0.15, 0.2) is 11.6 Å². The Bertz CT molecular complexity index is 285. The molecule has 3 rings (SSSR count). The fourth-order valence-electron chi connectivity index (χ4n) is 2.18. The van der Waals surface area contributed by atoms with Crippen molar-refractivity contribution in [1.29, 1.82) is 0 Å². The van der Waals surface area contributed by atoms with Gasteiger partial charge in [0.05, 0.1) is 6.10 Å². The van der Waals surface area contributed by atoms with Gasteiger partial charge in [-0.15, -0.1) is 11.3 Å². The highest BCUT2D eigenvalue weighted by Gasteiger charge is 2.60. The number of thiazole rings is 1. The minimum Gasteiger partial charge on any atom is -0.358 e. The summed E-state index contributed by atoms with van der Waals surface area (Å²) in [6.07, 6.45) is 7.43. The maximum atomic E-state index is 5.76. The standard InChI is InChI=1S/C9H11NOS/c1-2-4-9(7(3-1)11-9)8-10-5-6-12-8/h5-7H,1-4H2. The number of nitrogens with zero attached hydrogens (tertiary/aromatic N) is 1. The van der Waals surface area contributed by atoms with Gasteiger partial charge in [0.25, 0.3) is 0 Å². The molecule has 1 aromatic heterocycles. The van der Waals surface area contributed by atoms with Gasteiger partial charge in [0.1, 0.15) is 10.6 Å². The summed E-state index contributed by atoms with van der Waals surface area (Å²) in [5.74, 6) is 0. The number of epoxide rings is 1. The molecule has 0 spiro atoms. The first kappa shape index (κ1) is 7.04. The van der Waals surface area contributed by atoms with Crippen LogP contribution in [0.5, 0.6) is 0 Å². The second-order valence-corrected chi connectivity index (χ2v) is 4.47. The van der Waals surface area contributed by atoms with Crippen molar-refractivity contribution in [3.63, 3.8) is 0 Å². The first-order valence-corrected chi connectivity index (χ1v) is 5.37. The quantitative estimate of drug-likeness (QED) is 0.621. The van der Waals surface area contributed by atoms with Gasteiger partial charge in [-0.25, -0.2) is 4.98 Å². The van der Waals surface area contributed by atoms with Gasteiger partial charge in [-0.2, -0.15) is 0 Å². The van der Waals surface area contributed by atoms with E-state index < -0.39 is 0 Å². The summed E-state index contributed by atoms with van der Waals surface area (Å²) in [5.41, 5.74) is 0.0758. The van der Waals surface area contributed by atoms with Crippen LogP contribution in [0.1, 0.15) is 30.7 Å². The molecule has 2 fully saturated rings. The SMILES string of the molecule is c1csc(C23CCCCC2O3)n1. The smallest absolute Gasteiger partial charge is 0.146 e. The van der Waals surface area contributed by atoms with Gasteiger partial charge in [-0.3, -0.25) is 0 Å². The first-order chi connectivity index (χ1) is 5.92. The van der Waals surface area contributed by atoms with Gasteiger partial charge in [-0.05, 0) is 19.3 Å². The Labute approximate surface area is 75.6 Å². The number of rotatable bonds is 1. The molecule has 1 aromatic rings. The second kappa shape index (κ2) is 2.30. The monoisotopic (exact) mass is 181 g/mol. The van der Waals surface area contributed by atoms with Gasteiger partial charge in [-0.1, -0.05) is 6.42 Å². The summed E-state index contributed by atoms with van der Waals surface area (Å²) in [4.78, 5) is 4.35. The van der Waals surface area contributed by atoms with Gasteiger partial charge >= 0.3 is 0 Å². The van der Waals surface area contributed by atoms with Gasteiger partial charge < -0.3 is 4.74 Å². The molecule has 2 aliphatic rings. The zero-order chi connectivity index (χ0) is 8.02. The minimum absolute atomic E-state index is 0.0758. The predicted molar refractivity (Wildman–Crippen MR) is 47.1 cm³/mol. The van der Waals surface area contributed by atoms with Crippen LogP contribution >= 0.6 is 11.3 Å². The molecular weight excluding hydrogens is 170 g/mol. The molecule has 1 aliphatic heterocycles. The number of ether oxygens (including phenoxy) is 1. The Hall–Kier alpha value is -0.410. The average molecular weight is 181 g/mol. The normalized spacial score (nSPS) is 39.2. The zero-order valence-corrected chi connectivity index (χ0v) is 7.64. The molecule has 2 atom stereocenters. The third-order valence-electron chi connectivity index (χ3n) is 2.87. The fraction of sp³-hybridized carbons (Fsp3) is 0.667. The summed E-state index contributed by atoms with van der Waals surface area (Å²) in [5, 5.41) is 3.24. The van der Waals surface area contributed by atoms with E-state index >= 15 is 0 Å². The van der Waals surface area contributed by atoms with Crippen molar-refractivity contribution in [2.75, 3.05) is 0 Å². The average Bonchev–Trinajstić information content (AvgIpc) is 2.59. The molecule has 0 radical (unpaired) electrons. The van der Waals surface area contributed by atoms with Crippen LogP contribution in [0.2, 0.25) is 0 Å². The van der Waals surface area contributed by atoms with E-state index in [2.05, 4.69) is 4.98 Å². The van der Waals surface area contributed by atoms with E-state index in [1.165, 1.54) is 30.7 Å². The van der Waals surface area contributed by atoms with Crippen molar-refractivity contribution in [2.24, 2.45) is 0 Å². The molecule has 2 heterocycles. The van der Waals surface area contributed by atoms with E-state index in [1.54, 1.807) is 11.3 Å². The molecule has 1 saturated heterocycles. The van der Waals surface area contributed by atoms with Crippen LogP contribution in [0.4, 0.5) is 0 Å². The lowest BCUT2D eigenvalue weighted by Gasteiger charge is -2.13. The lowest BCUT2D eigenvalue weighted by Crippen LogP contribution is -2.16. The molecule has 0 bridgehead atoms. The molecule has 0 amide bonds. The molecule has 0 N–H and O–H groups in total. The zero-order valence-electron chi connectivity index (χ0n) is 6.82. The summed E-state index contributed by atoms with van der Waals surface area (Å²) >= 11 is 1.73. The van der Waals surface area contributed by atoms with Crippen molar-refractivity contribution in [2.45, 2.75) is 37.4 Å². The van der Waals surface area contributed by atoms with Crippen molar-refractivity contribution in [3.05, 3.63) is 16.6 Å². The molecule has 1 aliphatic carbocycles. The van der Waals surface area contributed by atoms with Crippen molar-refractivity contribution in [3.8, 4) is 0 Å². The number of aromatic nitrogens is 1. The Morgan fingerprint density at radius 2 is 2.58 bits per heavy atom. The second-order valence-electron chi connectivity index (χ2n) is 3.58. The maximum absolute atomic E-state index is 5.76. The highest BCUT2D eigenvalue weighted by Crippen LogP contribution is 2.55. The molecule has 2 unspecified atom stereocenters. The summed E-state index contributed by atoms with van der Waals surface area (Å²) in [7, 11) is 0. The topological polar surface area (TPSA) is 25.4 Å². The third kappa shape index (κ3) is 0.808. The van der Waals surface area contributed by atoms with E-state index in [0.717, 1.165) is 0 Å². The molecule has 0 aromatic carbocycles. The fourth-order valence-corrected chi connectivity index (χ4v) is 3.03. The minimum atomic E-state index is 0.0758. The Morgan fingerprint density at radius 1 is 1.58 bits per heavy atom. The molecule has 64 valence electrons. The highest BCUT2D eigenvalue weighted by atomic mass is 32.1. The van der Waals surface area contributed by atoms with Crippen LogP contribution in [0.25, 0.3) is 0 Å². The van der Waals surface area contributed by atoms with E-state index in [4.69, 9.17) is 4.74 Å².